The highest BCUT2D eigenvalue weighted by molar-refractivity contribution is 5.39. The largest absolute Gasteiger partial charge is 0.493 e. The molecule has 0 N–H and O–H groups in total. The zero-order chi connectivity index (χ0) is 13.6. The highest BCUT2D eigenvalue weighted by atomic mass is 16.5. The quantitative estimate of drug-likeness (QED) is 0.696. The Morgan fingerprint density at radius 3 is 2.33 bits per heavy atom. The average molecular weight is 245 g/mol. The van der Waals surface area contributed by atoms with Gasteiger partial charge in [-0.25, -0.2) is 0 Å². The number of benzene rings is 1. The zero-order valence-corrected chi connectivity index (χ0v) is 11.9. The van der Waals surface area contributed by atoms with Crippen LogP contribution in [0, 0.1) is 30.6 Å². The van der Waals surface area contributed by atoms with Gasteiger partial charge >= 0.3 is 0 Å². The van der Waals surface area contributed by atoms with Crippen molar-refractivity contribution in [2.45, 2.75) is 47.0 Å². The molecule has 2 nitrogen and oxygen atoms in total. The highest BCUT2D eigenvalue weighted by Gasteiger charge is 2.15. The molecule has 1 aromatic rings. The first kappa shape index (κ1) is 14.6. The Balaban J connectivity index is 2.33. The van der Waals surface area contributed by atoms with Gasteiger partial charge in [-0.1, -0.05) is 18.2 Å². The van der Waals surface area contributed by atoms with Crippen LogP contribution in [0.15, 0.2) is 18.2 Å². The van der Waals surface area contributed by atoms with Gasteiger partial charge < -0.3 is 4.74 Å². The fraction of sp³-hybridized carbons (Fsp3) is 0.562. The summed E-state index contributed by atoms with van der Waals surface area (Å²) < 4.78 is 5.83. The van der Waals surface area contributed by atoms with Crippen LogP contribution >= 0.6 is 0 Å². The lowest BCUT2D eigenvalue weighted by molar-refractivity contribution is 0.291. The summed E-state index contributed by atoms with van der Waals surface area (Å²) in [5.74, 6) is 1.01. The van der Waals surface area contributed by atoms with Crippen LogP contribution < -0.4 is 4.74 Å². The molecular formula is C16H23NO. The van der Waals surface area contributed by atoms with Crippen LogP contribution in [0.2, 0.25) is 0 Å². The first-order valence-electron chi connectivity index (χ1n) is 6.56. The lowest BCUT2D eigenvalue weighted by Crippen LogP contribution is -2.08. The van der Waals surface area contributed by atoms with Gasteiger partial charge in [-0.05, 0) is 58.1 Å². The third-order valence-corrected chi connectivity index (χ3v) is 3.15. The molecular weight excluding hydrogens is 222 g/mol. The Labute approximate surface area is 111 Å². The van der Waals surface area contributed by atoms with E-state index in [4.69, 9.17) is 10.00 Å². The van der Waals surface area contributed by atoms with Gasteiger partial charge in [0.05, 0.1) is 18.1 Å². The van der Waals surface area contributed by atoms with Gasteiger partial charge in [0, 0.05) is 0 Å². The van der Waals surface area contributed by atoms with E-state index in [1.54, 1.807) is 0 Å². The maximum atomic E-state index is 8.92. The monoisotopic (exact) mass is 245 g/mol. The SMILES string of the molecule is Cc1cccc(C)c1OCCCCC(C)(C)C#N. The van der Waals surface area contributed by atoms with Crippen molar-refractivity contribution in [2.24, 2.45) is 5.41 Å². The standard InChI is InChI=1S/C16H23NO/c1-13-8-7-9-14(2)15(13)18-11-6-5-10-16(3,4)12-17/h7-9H,5-6,10-11H2,1-4H3. The van der Waals surface area contributed by atoms with E-state index in [2.05, 4.69) is 32.0 Å². The number of rotatable bonds is 6. The number of hydrogen-bond donors (Lipinski definition) is 0. The molecule has 1 rings (SSSR count). The normalized spacial score (nSPS) is 11.1. The van der Waals surface area contributed by atoms with Gasteiger partial charge in [-0.2, -0.15) is 5.26 Å². The number of aryl methyl sites for hydroxylation is 2. The minimum atomic E-state index is -0.210. The Morgan fingerprint density at radius 2 is 1.78 bits per heavy atom. The van der Waals surface area contributed by atoms with Crippen LogP contribution in [-0.4, -0.2) is 6.61 Å². The molecule has 0 heterocycles. The Hall–Kier alpha value is -1.49. The number of ether oxygens (including phenoxy) is 1. The van der Waals surface area contributed by atoms with Crippen molar-refractivity contribution in [2.75, 3.05) is 6.61 Å². The summed E-state index contributed by atoms with van der Waals surface area (Å²) in [4.78, 5) is 0. The molecule has 0 fully saturated rings. The number of nitriles is 1. The minimum Gasteiger partial charge on any atom is -0.493 e. The maximum Gasteiger partial charge on any atom is 0.125 e. The topological polar surface area (TPSA) is 33.0 Å². The second kappa shape index (κ2) is 6.44. The molecule has 0 atom stereocenters. The third-order valence-electron chi connectivity index (χ3n) is 3.15. The second-order valence-corrected chi connectivity index (χ2v) is 5.52. The van der Waals surface area contributed by atoms with Crippen molar-refractivity contribution < 1.29 is 4.74 Å². The fourth-order valence-electron chi connectivity index (χ4n) is 1.93. The van der Waals surface area contributed by atoms with Crippen molar-refractivity contribution in [1.82, 2.24) is 0 Å². The Kier molecular flexibility index (Phi) is 5.22. The highest BCUT2D eigenvalue weighted by Crippen LogP contribution is 2.24. The molecule has 18 heavy (non-hydrogen) atoms. The van der Waals surface area contributed by atoms with Crippen LogP contribution in [0.3, 0.4) is 0 Å². The molecule has 0 bridgehead atoms. The summed E-state index contributed by atoms with van der Waals surface area (Å²) in [5.41, 5.74) is 2.16. The predicted octanol–water partition coefficient (Wildman–Crippen LogP) is 4.40. The molecule has 0 radical (unpaired) electrons. The van der Waals surface area contributed by atoms with Crippen LogP contribution in [0.5, 0.6) is 5.75 Å². The molecule has 1 aromatic carbocycles. The van der Waals surface area contributed by atoms with E-state index in [9.17, 15) is 0 Å². The first-order chi connectivity index (χ1) is 8.46. The molecule has 0 aliphatic rings. The van der Waals surface area contributed by atoms with Gasteiger partial charge in [-0.3, -0.25) is 0 Å². The predicted molar refractivity (Wildman–Crippen MR) is 74.7 cm³/mol. The minimum absolute atomic E-state index is 0.210. The van der Waals surface area contributed by atoms with Crippen molar-refractivity contribution in [1.29, 1.82) is 5.26 Å². The van der Waals surface area contributed by atoms with Crippen molar-refractivity contribution in [3.05, 3.63) is 29.3 Å². The summed E-state index contributed by atoms with van der Waals surface area (Å²) in [6.07, 6.45) is 2.96. The van der Waals surface area contributed by atoms with Gasteiger partial charge in [-0.15, -0.1) is 0 Å². The van der Waals surface area contributed by atoms with E-state index in [0.717, 1.165) is 31.6 Å². The lowest BCUT2D eigenvalue weighted by atomic mass is 9.89. The molecule has 0 aliphatic heterocycles. The van der Waals surface area contributed by atoms with Crippen LogP contribution in [0.4, 0.5) is 0 Å². The summed E-state index contributed by atoms with van der Waals surface area (Å²) in [6, 6.07) is 8.52. The van der Waals surface area contributed by atoms with E-state index >= 15 is 0 Å². The first-order valence-corrected chi connectivity index (χ1v) is 6.56. The number of unbranched alkanes of at least 4 members (excludes halogenated alkanes) is 1. The molecule has 0 unspecified atom stereocenters. The maximum absolute atomic E-state index is 8.92. The van der Waals surface area contributed by atoms with Gasteiger partial charge in [0.2, 0.25) is 0 Å². The van der Waals surface area contributed by atoms with Crippen LogP contribution in [0.25, 0.3) is 0 Å². The molecule has 98 valence electrons. The van der Waals surface area contributed by atoms with Crippen LogP contribution in [-0.2, 0) is 0 Å². The smallest absolute Gasteiger partial charge is 0.125 e. The van der Waals surface area contributed by atoms with Gasteiger partial charge in [0.1, 0.15) is 5.75 Å². The third kappa shape index (κ3) is 4.41. The zero-order valence-electron chi connectivity index (χ0n) is 11.9. The van der Waals surface area contributed by atoms with E-state index in [0.29, 0.717) is 0 Å². The summed E-state index contributed by atoms with van der Waals surface area (Å²) in [7, 11) is 0. The molecule has 0 saturated carbocycles. The van der Waals surface area contributed by atoms with E-state index in [-0.39, 0.29) is 5.41 Å². The van der Waals surface area contributed by atoms with Gasteiger partial charge in [0.25, 0.3) is 0 Å². The van der Waals surface area contributed by atoms with E-state index < -0.39 is 0 Å². The fourth-order valence-corrected chi connectivity index (χ4v) is 1.93. The van der Waals surface area contributed by atoms with Crippen LogP contribution in [0.1, 0.15) is 44.2 Å². The molecule has 0 aromatic heterocycles. The van der Waals surface area contributed by atoms with Crippen molar-refractivity contribution in [3.8, 4) is 11.8 Å². The summed E-state index contributed by atoms with van der Waals surface area (Å²) in [6.45, 7) is 8.84. The van der Waals surface area contributed by atoms with E-state index in [1.165, 1.54) is 11.1 Å². The molecule has 2 heteroatoms. The van der Waals surface area contributed by atoms with Crippen molar-refractivity contribution in [3.63, 3.8) is 0 Å². The molecule has 0 spiro atoms. The second-order valence-electron chi connectivity index (χ2n) is 5.52. The molecule has 0 saturated heterocycles. The molecule has 0 aliphatic carbocycles. The van der Waals surface area contributed by atoms with Gasteiger partial charge in [0.15, 0.2) is 0 Å². The number of hydrogen-bond acceptors (Lipinski definition) is 2. The lowest BCUT2D eigenvalue weighted by Gasteiger charge is -2.15. The average Bonchev–Trinajstić information content (AvgIpc) is 2.32. The summed E-state index contributed by atoms with van der Waals surface area (Å²) in [5, 5.41) is 8.92. The summed E-state index contributed by atoms with van der Waals surface area (Å²) >= 11 is 0. The number of para-hydroxylation sites is 1. The number of nitrogens with zero attached hydrogens (tertiary/aromatic N) is 1. The van der Waals surface area contributed by atoms with E-state index in [1.807, 2.05) is 19.9 Å². The molecule has 0 amide bonds. The Bertz CT molecular complexity index is 409. The Morgan fingerprint density at radius 1 is 1.17 bits per heavy atom. The van der Waals surface area contributed by atoms with Crippen molar-refractivity contribution >= 4 is 0 Å².